The molecule has 0 radical (unpaired) electrons. The highest BCUT2D eigenvalue weighted by Crippen LogP contribution is 2.42. The van der Waals surface area contributed by atoms with Crippen molar-refractivity contribution in [1.82, 2.24) is 19.5 Å². The van der Waals surface area contributed by atoms with E-state index in [2.05, 4.69) is 114 Å². The summed E-state index contributed by atoms with van der Waals surface area (Å²) in [5, 5.41) is 4.85. The van der Waals surface area contributed by atoms with E-state index in [0.29, 0.717) is 17.5 Å². The average molecular weight is 657 g/mol. The lowest BCUT2D eigenvalue weighted by Gasteiger charge is -2.10. The molecule has 0 aliphatic carbocycles. The predicted octanol–water partition coefficient (Wildman–Crippen LogP) is 12.0. The largest absolute Gasteiger partial charge is 0.309 e. The van der Waals surface area contributed by atoms with Crippen LogP contribution in [0.1, 0.15) is 0 Å². The lowest BCUT2D eigenvalue weighted by atomic mass is 10.0. The van der Waals surface area contributed by atoms with Gasteiger partial charge in [0.1, 0.15) is 0 Å². The lowest BCUT2D eigenvalue weighted by Crippen LogP contribution is -2.00. The van der Waals surface area contributed by atoms with E-state index in [-0.39, 0.29) is 0 Å². The van der Waals surface area contributed by atoms with Crippen molar-refractivity contribution in [3.63, 3.8) is 0 Å². The maximum absolute atomic E-state index is 5.07. The molecule has 0 saturated heterocycles. The summed E-state index contributed by atoms with van der Waals surface area (Å²) >= 11 is 1.81. The standard InChI is InChI=1S/C45H28N4S/c1-4-13-29(14-5-1)32-23-25-35-34-19-10-11-21-38(34)49(39(35)27-32)33-24-26-36-41(28-33)50-40-22-12-20-37(42(36)40)45-47-43(30-15-6-2-7-16-30)46-44(48-45)31-17-8-3-9-18-31/h1-28H. The number of aromatic nitrogens is 4. The first kappa shape index (κ1) is 28.6. The normalized spacial score (nSPS) is 11.6. The summed E-state index contributed by atoms with van der Waals surface area (Å²) in [4.78, 5) is 15.1. The molecule has 10 aromatic rings. The van der Waals surface area contributed by atoms with Crippen LogP contribution in [0.25, 0.3) is 93.0 Å². The Morgan fingerprint density at radius 2 is 0.980 bits per heavy atom. The van der Waals surface area contributed by atoms with Crippen molar-refractivity contribution < 1.29 is 0 Å². The number of thiophene rings is 1. The van der Waals surface area contributed by atoms with E-state index in [1.54, 1.807) is 0 Å². The van der Waals surface area contributed by atoms with Gasteiger partial charge in [0.25, 0.3) is 0 Å². The third-order valence-electron chi connectivity index (χ3n) is 9.46. The van der Waals surface area contributed by atoms with Gasteiger partial charge in [-0.05, 0) is 41.5 Å². The van der Waals surface area contributed by atoms with Gasteiger partial charge in [-0.25, -0.2) is 15.0 Å². The molecule has 7 aromatic carbocycles. The van der Waals surface area contributed by atoms with Crippen LogP contribution in [0.2, 0.25) is 0 Å². The average Bonchev–Trinajstić information content (AvgIpc) is 3.73. The van der Waals surface area contributed by atoms with Gasteiger partial charge in [-0.3, -0.25) is 0 Å². The van der Waals surface area contributed by atoms with Gasteiger partial charge in [0.15, 0.2) is 17.5 Å². The van der Waals surface area contributed by atoms with Crippen molar-refractivity contribution in [3.8, 4) is 51.0 Å². The van der Waals surface area contributed by atoms with Gasteiger partial charge in [0.2, 0.25) is 0 Å². The quantitative estimate of drug-likeness (QED) is 0.185. The van der Waals surface area contributed by atoms with Crippen LogP contribution in [0.15, 0.2) is 170 Å². The molecule has 0 spiro atoms. The second-order valence-electron chi connectivity index (χ2n) is 12.5. The second-order valence-corrected chi connectivity index (χ2v) is 13.5. The molecule has 234 valence electrons. The molecule has 0 atom stereocenters. The van der Waals surface area contributed by atoms with Gasteiger partial charge in [0.05, 0.1) is 11.0 Å². The number of para-hydroxylation sites is 1. The summed E-state index contributed by atoms with van der Waals surface area (Å²) in [5.41, 5.74) is 8.87. The summed E-state index contributed by atoms with van der Waals surface area (Å²) in [6.45, 7) is 0. The molecule has 10 rings (SSSR count). The fraction of sp³-hybridized carbons (Fsp3) is 0. The maximum Gasteiger partial charge on any atom is 0.164 e. The number of hydrogen-bond acceptors (Lipinski definition) is 4. The number of rotatable bonds is 5. The molecule has 0 N–H and O–H groups in total. The fourth-order valence-corrected chi connectivity index (χ4v) is 8.29. The Labute approximate surface area is 292 Å². The molecule has 0 bridgehead atoms. The minimum absolute atomic E-state index is 0.662. The zero-order valence-corrected chi connectivity index (χ0v) is 27.7. The van der Waals surface area contributed by atoms with E-state index in [0.717, 1.165) is 27.8 Å². The third-order valence-corrected chi connectivity index (χ3v) is 10.6. The molecule has 50 heavy (non-hydrogen) atoms. The van der Waals surface area contributed by atoms with Crippen LogP contribution in [0.5, 0.6) is 0 Å². The Kier molecular flexibility index (Phi) is 6.64. The minimum Gasteiger partial charge on any atom is -0.309 e. The first-order chi connectivity index (χ1) is 24.8. The molecule has 0 amide bonds. The SMILES string of the molecule is c1ccc(-c2ccc3c4ccccc4n(-c4ccc5c(c4)sc4cccc(-c6nc(-c7ccccc7)nc(-c7ccccc7)n6)c45)c3c2)cc1. The van der Waals surface area contributed by atoms with Crippen molar-refractivity contribution in [2.45, 2.75) is 0 Å². The number of benzene rings is 7. The molecular weight excluding hydrogens is 629 g/mol. The van der Waals surface area contributed by atoms with Gasteiger partial charge < -0.3 is 4.57 Å². The highest BCUT2D eigenvalue weighted by molar-refractivity contribution is 7.26. The Morgan fingerprint density at radius 3 is 1.70 bits per heavy atom. The zero-order chi connectivity index (χ0) is 33.0. The predicted molar refractivity (Wildman–Crippen MR) is 209 cm³/mol. The van der Waals surface area contributed by atoms with Gasteiger partial charge in [-0.1, -0.05) is 140 Å². The highest BCUT2D eigenvalue weighted by Gasteiger charge is 2.19. The highest BCUT2D eigenvalue weighted by atomic mass is 32.1. The van der Waals surface area contributed by atoms with Crippen molar-refractivity contribution in [2.24, 2.45) is 0 Å². The zero-order valence-electron chi connectivity index (χ0n) is 26.9. The van der Waals surface area contributed by atoms with Crippen molar-refractivity contribution in [3.05, 3.63) is 170 Å². The van der Waals surface area contributed by atoms with Gasteiger partial charge in [-0.2, -0.15) is 0 Å². The van der Waals surface area contributed by atoms with Crippen molar-refractivity contribution in [2.75, 3.05) is 0 Å². The van der Waals surface area contributed by atoms with Crippen molar-refractivity contribution in [1.29, 1.82) is 0 Å². The number of fused-ring (bicyclic) bond motifs is 6. The van der Waals surface area contributed by atoms with Gasteiger partial charge in [-0.15, -0.1) is 11.3 Å². The summed E-state index contributed by atoms with van der Waals surface area (Å²) in [6.07, 6.45) is 0. The number of hydrogen-bond donors (Lipinski definition) is 0. The monoisotopic (exact) mass is 656 g/mol. The summed E-state index contributed by atoms with van der Waals surface area (Å²) < 4.78 is 4.83. The van der Waals surface area contributed by atoms with E-state index in [1.807, 2.05) is 72.0 Å². The molecule has 3 aromatic heterocycles. The van der Waals surface area contributed by atoms with E-state index in [1.165, 1.54) is 47.7 Å². The van der Waals surface area contributed by atoms with Crippen LogP contribution >= 0.6 is 11.3 Å². The number of nitrogens with zero attached hydrogens (tertiary/aromatic N) is 4. The maximum atomic E-state index is 5.07. The topological polar surface area (TPSA) is 43.6 Å². The lowest BCUT2D eigenvalue weighted by molar-refractivity contribution is 1.08. The van der Waals surface area contributed by atoms with E-state index in [9.17, 15) is 0 Å². The fourth-order valence-electron chi connectivity index (χ4n) is 7.13. The third kappa shape index (κ3) is 4.71. The summed E-state index contributed by atoms with van der Waals surface area (Å²) in [5.74, 6) is 1.99. The van der Waals surface area contributed by atoms with Gasteiger partial charge >= 0.3 is 0 Å². The first-order valence-electron chi connectivity index (χ1n) is 16.7. The van der Waals surface area contributed by atoms with Crippen LogP contribution in [-0.2, 0) is 0 Å². The summed E-state index contributed by atoms with van der Waals surface area (Å²) in [6, 6.07) is 59.7. The molecule has 0 unspecified atom stereocenters. The van der Waals surface area contributed by atoms with Crippen LogP contribution in [-0.4, -0.2) is 19.5 Å². The minimum atomic E-state index is 0.662. The molecule has 0 fully saturated rings. The molecule has 0 saturated carbocycles. The Bertz CT molecular complexity index is 2800. The second kappa shape index (κ2) is 11.6. The molecule has 0 aliphatic rings. The first-order valence-corrected chi connectivity index (χ1v) is 17.5. The van der Waals surface area contributed by atoms with Crippen LogP contribution in [0.3, 0.4) is 0 Å². The smallest absolute Gasteiger partial charge is 0.164 e. The molecule has 5 heteroatoms. The molecule has 3 heterocycles. The van der Waals surface area contributed by atoms with Crippen LogP contribution in [0, 0.1) is 0 Å². The van der Waals surface area contributed by atoms with E-state index >= 15 is 0 Å². The Balaban J connectivity index is 1.17. The van der Waals surface area contributed by atoms with E-state index < -0.39 is 0 Å². The van der Waals surface area contributed by atoms with Crippen molar-refractivity contribution >= 4 is 53.3 Å². The Hall–Kier alpha value is -6.43. The van der Waals surface area contributed by atoms with E-state index in [4.69, 9.17) is 15.0 Å². The molecule has 4 nitrogen and oxygen atoms in total. The van der Waals surface area contributed by atoms with Gasteiger partial charge in [0, 0.05) is 53.3 Å². The van der Waals surface area contributed by atoms with Crippen LogP contribution < -0.4 is 0 Å². The molecular formula is C45H28N4S. The molecule has 0 aliphatic heterocycles. The van der Waals surface area contributed by atoms with Crippen LogP contribution in [0.4, 0.5) is 0 Å². The summed E-state index contributed by atoms with van der Waals surface area (Å²) in [7, 11) is 0. The Morgan fingerprint density at radius 1 is 0.380 bits per heavy atom.